The van der Waals surface area contributed by atoms with Crippen LogP contribution >= 0.6 is 0 Å². The van der Waals surface area contributed by atoms with E-state index < -0.39 is 5.79 Å². The Labute approximate surface area is 123 Å². The summed E-state index contributed by atoms with van der Waals surface area (Å²) in [5.74, 6) is 0.161. The van der Waals surface area contributed by atoms with Crippen LogP contribution < -0.4 is 0 Å². The molecule has 1 saturated carbocycles. The number of ether oxygens (including phenoxy) is 3. The Bertz CT molecular complexity index is 370. The van der Waals surface area contributed by atoms with E-state index in [0.29, 0.717) is 12.0 Å². The standard InChI is InChI=1S/C17H30O3/c1-12(2)13-6-7-16(5)8-9-17(18-10-11-19-17)15(3,4)14(16)20-13/h12-14H,6-11H2,1-5H3/t13-,14+,16+/m1/s1. The summed E-state index contributed by atoms with van der Waals surface area (Å²) in [6.45, 7) is 12.9. The van der Waals surface area contributed by atoms with Gasteiger partial charge in [-0.3, -0.25) is 0 Å². The van der Waals surface area contributed by atoms with Gasteiger partial charge in [-0.15, -0.1) is 0 Å². The van der Waals surface area contributed by atoms with Crippen LogP contribution in [0.2, 0.25) is 0 Å². The molecule has 3 aliphatic rings. The second kappa shape index (κ2) is 4.69. The SMILES string of the molecule is CC(C)[C@H]1CC[C@@]2(C)CCC3(OCCO3)C(C)(C)[C@@H]2O1. The monoisotopic (exact) mass is 282 g/mol. The van der Waals surface area contributed by atoms with E-state index in [2.05, 4.69) is 34.6 Å². The van der Waals surface area contributed by atoms with Gasteiger partial charge in [-0.1, -0.05) is 34.6 Å². The number of hydrogen-bond acceptors (Lipinski definition) is 3. The van der Waals surface area contributed by atoms with E-state index in [1.54, 1.807) is 0 Å². The van der Waals surface area contributed by atoms with E-state index in [9.17, 15) is 0 Å². The number of hydrogen-bond donors (Lipinski definition) is 0. The lowest BCUT2D eigenvalue weighted by Gasteiger charge is -2.60. The molecule has 0 bridgehead atoms. The molecule has 3 atom stereocenters. The Morgan fingerprint density at radius 2 is 1.60 bits per heavy atom. The molecule has 2 aliphatic heterocycles. The van der Waals surface area contributed by atoms with Crippen LogP contribution in [0.4, 0.5) is 0 Å². The molecule has 2 heterocycles. The zero-order valence-electron chi connectivity index (χ0n) is 13.7. The van der Waals surface area contributed by atoms with Crippen LogP contribution in [0.15, 0.2) is 0 Å². The van der Waals surface area contributed by atoms with Crippen LogP contribution in [0.5, 0.6) is 0 Å². The summed E-state index contributed by atoms with van der Waals surface area (Å²) < 4.78 is 18.8. The molecule has 1 spiro atoms. The zero-order valence-corrected chi connectivity index (χ0v) is 13.7. The van der Waals surface area contributed by atoms with Crippen LogP contribution in [0.1, 0.15) is 60.3 Å². The molecule has 0 aromatic heterocycles. The minimum Gasteiger partial charge on any atom is -0.373 e. The fourth-order valence-corrected chi connectivity index (χ4v) is 4.74. The largest absolute Gasteiger partial charge is 0.373 e. The van der Waals surface area contributed by atoms with Gasteiger partial charge in [0.05, 0.1) is 25.4 Å². The summed E-state index contributed by atoms with van der Waals surface area (Å²) in [5.41, 5.74) is 0.180. The molecule has 1 aliphatic carbocycles. The summed E-state index contributed by atoms with van der Waals surface area (Å²) in [6, 6.07) is 0. The van der Waals surface area contributed by atoms with Crippen molar-refractivity contribution >= 4 is 0 Å². The maximum Gasteiger partial charge on any atom is 0.176 e. The van der Waals surface area contributed by atoms with Gasteiger partial charge in [0.15, 0.2) is 5.79 Å². The summed E-state index contributed by atoms with van der Waals surface area (Å²) in [7, 11) is 0. The zero-order chi connectivity index (χ0) is 14.6. The van der Waals surface area contributed by atoms with Gasteiger partial charge < -0.3 is 14.2 Å². The highest BCUT2D eigenvalue weighted by Gasteiger charge is 2.64. The summed E-state index contributed by atoms with van der Waals surface area (Å²) in [6.07, 6.45) is 5.20. The van der Waals surface area contributed by atoms with Crippen molar-refractivity contribution in [2.24, 2.45) is 16.7 Å². The highest BCUT2D eigenvalue weighted by atomic mass is 16.7. The van der Waals surface area contributed by atoms with E-state index in [1.807, 2.05) is 0 Å². The first-order valence-electron chi connectivity index (χ1n) is 8.24. The fraction of sp³-hybridized carbons (Fsp3) is 1.00. The summed E-state index contributed by atoms with van der Waals surface area (Å²) >= 11 is 0. The van der Waals surface area contributed by atoms with Crippen molar-refractivity contribution in [2.45, 2.75) is 78.3 Å². The van der Waals surface area contributed by atoms with Crippen molar-refractivity contribution in [2.75, 3.05) is 13.2 Å². The Morgan fingerprint density at radius 3 is 2.20 bits per heavy atom. The topological polar surface area (TPSA) is 27.7 Å². The van der Waals surface area contributed by atoms with Crippen LogP contribution in [-0.4, -0.2) is 31.2 Å². The third-order valence-electron chi connectivity index (χ3n) is 6.10. The first-order valence-corrected chi connectivity index (χ1v) is 8.24. The second-order valence-electron chi connectivity index (χ2n) is 8.16. The van der Waals surface area contributed by atoms with Crippen molar-refractivity contribution < 1.29 is 14.2 Å². The molecule has 116 valence electrons. The molecular formula is C17H30O3. The minimum absolute atomic E-state index is 0.0932. The Balaban J connectivity index is 1.90. The van der Waals surface area contributed by atoms with E-state index in [0.717, 1.165) is 26.1 Å². The van der Waals surface area contributed by atoms with Crippen molar-refractivity contribution in [3.05, 3.63) is 0 Å². The van der Waals surface area contributed by atoms with Crippen molar-refractivity contribution in [3.8, 4) is 0 Å². The van der Waals surface area contributed by atoms with Gasteiger partial charge in [-0.2, -0.15) is 0 Å². The number of fused-ring (bicyclic) bond motifs is 1. The molecule has 2 saturated heterocycles. The molecule has 0 radical (unpaired) electrons. The van der Waals surface area contributed by atoms with E-state index in [-0.39, 0.29) is 16.9 Å². The molecule has 0 N–H and O–H groups in total. The first-order chi connectivity index (χ1) is 9.31. The molecule has 20 heavy (non-hydrogen) atoms. The van der Waals surface area contributed by atoms with Crippen molar-refractivity contribution in [1.82, 2.24) is 0 Å². The average Bonchev–Trinajstić information content (AvgIpc) is 2.85. The minimum atomic E-state index is -0.421. The molecule has 3 rings (SSSR count). The predicted molar refractivity (Wildman–Crippen MR) is 78.5 cm³/mol. The van der Waals surface area contributed by atoms with Gasteiger partial charge in [0.25, 0.3) is 0 Å². The average molecular weight is 282 g/mol. The summed E-state index contributed by atoms with van der Waals surface area (Å²) in [5, 5.41) is 0. The lowest BCUT2D eigenvalue weighted by atomic mass is 9.56. The molecule has 0 aromatic carbocycles. The maximum atomic E-state index is 6.60. The Hall–Kier alpha value is -0.120. The van der Waals surface area contributed by atoms with Gasteiger partial charge in [-0.05, 0) is 30.6 Å². The van der Waals surface area contributed by atoms with E-state index in [4.69, 9.17) is 14.2 Å². The highest BCUT2D eigenvalue weighted by Crippen LogP contribution is 2.59. The van der Waals surface area contributed by atoms with Gasteiger partial charge in [0.2, 0.25) is 0 Å². The predicted octanol–water partition coefficient (Wildman–Crippen LogP) is 3.76. The Morgan fingerprint density at radius 1 is 0.950 bits per heavy atom. The van der Waals surface area contributed by atoms with E-state index in [1.165, 1.54) is 12.8 Å². The number of rotatable bonds is 1. The molecule has 0 unspecified atom stereocenters. The van der Waals surface area contributed by atoms with Crippen molar-refractivity contribution in [3.63, 3.8) is 0 Å². The lowest BCUT2D eigenvalue weighted by molar-refractivity contribution is -0.323. The van der Waals surface area contributed by atoms with Gasteiger partial charge in [0, 0.05) is 11.8 Å². The van der Waals surface area contributed by atoms with Gasteiger partial charge in [0.1, 0.15) is 0 Å². The molecule has 3 nitrogen and oxygen atoms in total. The van der Waals surface area contributed by atoms with Crippen LogP contribution in [-0.2, 0) is 14.2 Å². The molecular weight excluding hydrogens is 252 g/mol. The Kier molecular flexibility index (Phi) is 3.47. The summed E-state index contributed by atoms with van der Waals surface area (Å²) in [4.78, 5) is 0. The highest BCUT2D eigenvalue weighted by molar-refractivity contribution is 5.08. The van der Waals surface area contributed by atoms with Crippen molar-refractivity contribution in [1.29, 1.82) is 0 Å². The fourth-order valence-electron chi connectivity index (χ4n) is 4.74. The second-order valence-corrected chi connectivity index (χ2v) is 8.16. The quantitative estimate of drug-likeness (QED) is 0.733. The van der Waals surface area contributed by atoms with Gasteiger partial charge in [-0.25, -0.2) is 0 Å². The normalized spacial score (nSPS) is 42.9. The van der Waals surface area contributed by atoms with Gasteiger partial charge >= 0.3 is 0 Å². The third-order valence-corrected chi connectivity index (χ3v) is 6.10. The maximum absolute atomic E-state index is 6.60. The smallest absolute Gasteiger partial charge is 0.176 e. The van der Waals surface area contributed by atoms with Crippen LogP contribution in [0.25, 0.3) is 0 Å². The molecule has 3 fully saturated rings. The molecule has 3 heteroatoms. The van der Waals surface area contributed by atoms with Crippen LogP contribution in [0, 0.1) is 16.7 Å². The third kappa shape index (κ3) is 1.97. The van der Waals surface area contributed by atoms with E-state index >= 15 is 0 Å². The lowest BCUT2D eigenvalue weighted by Crippen LogP contribution is -2.64. The molecule has 0 aromatic rings. The first kappa shape index (κ1) is 14.8. The van der Waals surface area contributed by atoms with Crippen LogP contribution in [0.3, 0.4) is 0 Å². The molecule has 0 amide bonds.